The third-order valence-corrected chi connectivity index (χ3v) is 9.49. The summed E-state index contributed by atoms with van der Waals surface area (Å²) in [6.45, 7) is 0. The Balaban J connectivity index is 1.18. The van der Waals surface area contributed by atoms with Crippen molar-refractivity contribution in [2.45, 2.75) is 0 Å². The van der Waals surface area contributed by atoms with Gasteiger partial charge in [0.2, 0.25) is 0 Å². The number of benzene rings is 6. The Morgan fingerprint density at radius 3 is 2.14 bits per heavy atom. The molecule has 43 heavy (non-hydrogen) atoms. The summed E-state index contributed by atoms with van der Waals surface area (Å²) in [5.41, 5.74) is 7.13. The summed E-state index contributed by atoms with van der Waals surface area (Å²) in [6, 6.07) is 47.4. The van der Waals surface area contributed by atoms with E-state index in [9.17, 15) is 0 Å². The SMILES string of the molecule is c1ccc(N(c2ccc(-c3cncc4c3oc3ccc5ccccc5c34)cc2)c2ccc3sc4ccccc4c3c2)cc1. The average Bonchev–Trinajstić information content (AvgIpc) is 3.64. The lowest BCUT2D eigenvalue weighted by Crippen LogP contribution is -2.09. The van der Waals surface area contributed by atoms with Crippen molar-refractivity contribution in [3.63, 3.8) is 0 Å². The number of fused-ring (bicyclic) bond motifs is 8. The number of furan rings is 1. The molecule has 0 radical (unpaired) electrons. The highest BCUT2D eigenvalue weighted by atomic mass is 32.1. The van der Waals surface area contributed by atoms with Gasteiger partial charge in [0.15, 0.2) is 0 Å². The van der Waals surface area contributed by atoms with E-state index in [1.165, 1.54) is 30.9 Å². The summed E-state index contributed by atoms with van der Waals surface area (Å²) >= 11 is 1.84. The predicted octanol–water partition coefficient (Wildman–Crippen LogP) is 11.6. The monoisotopic (exact) mass is 568 g/mol. The Bertz CT molecular complexity index is 2460. The fourth-order valence-corrected chi connectivity index (χ4v) is 7.42. The Morgan fingerprint density at radius 2 is 1.26 bits per heavy atom. The molecule has 0 aliphatic heterocycles. The number of pyridine rings is 1. The van der Waals surface area contributed by atoms with Crippen molar-refractivity contribution in [1.82, 2.24) is 4.98 Å². The van der Waals surface area contributed by atoms with Crippen LogP contribution in [0.25, 0.3) is 64.0 Å². The van der Waals surface area contributed by atoms with Crippen LogP contribution in [0.3, 0.4) is 0 Å². The minimum atomic E-state index is 0.865. The van der Waals surface area contributed by atoms with E-state index in [1.807, 2.05) is 23.7 Å². The van der Waals surface area contributed by atoms with Crippen molar-refractivity contribution in [2.24, 2.45) is 0 Å². The van der Waals surface area contributed by atoms with Crippen molar-refractivity contribution < 1.29 is 4.42 Å². The molecule has 9 aromatic rings. The normalized spacial score (nSPS) is 11.7. The number of aromatic nitrogens is 1. The summed E-state index contributed by atoms with van der Waals surface area (Å²) in [6.07, 6.45) is 3.83. The first kappa shape index (κ1) is 24.2. The molecule has 0 unspecified atom stereocenters. The smallest absolute Gasteiger partial charge is 0.146 e. The van der Waals surface area contributed by atoms with Gasteiger partial charge in [-0.3, -0.25) is 4.98 Å². The largest absolute Gasteiger partial charge is 0.455 e. The van der Waals surface area contributed by atoms with Crippen molar-refractivity contribution >= 4 is 81.3 Å². The molecule has 0 aliphatic rings. The fraction of sp³-hybridized carbons (Fsp3) is 0. The Labute approximate surface area is 251 Å². The van der Waals surface area contributed by atoms with E-state index < -0.39 is 0 Å². The molecule has 0 saturated carbocycles. The van der Waals surface area contributed by atoms with E-state index in [0.717, 1.165) is 50.1 Å². The number of rotatable bonds is 4. The van der Waals surface area contributed by atoms with Crippen LogP contribution >= 0.6 is 11.3 Å². The van der Waals surface area contributed by atoms with Gasteiger partial charge in [0, 0.05) is 66.0 Å². The van der Waals surface area contributed by atoms with Crippen LogP contribution in [-0.4, -0.2) is 4.98 Å². The van der Waals surface area contributed by atoms with Gasteiger partial charge in [-0.05, 0) is 70.9 Å². The van der Waals surface area contributed by atoms with Gasteiger partial charge < -0.3 is 9.32 Å². The third kappa shape index (κ3) is 3.84. The molecular formula is C39H24N2OS. The lowest BCUT2D eigenvalue weighted by Gasteiger charge is -2.25. The minimum absolute atomic E-state index is 0.865. The van der Waals surface area contributed by atoms with Gasteiger partial charge in [-0.15, -0.1) is 11.3 Å². The number of thiophene rings is 1. The Hall–Kier alpha value is -5.45. The van der Waals surface area contributed by atoms with E-state index in [2.05, 4.69) is 143 Å². The summed E-state index contributed by atoms with van der Waals surface area (Å²) < 4.78 is 9.09. The molecule has 3 heterocycles. The minimum Gasteiger partial charge on any atom is -0.455 e. The number of hydrogen-bond donors (Lipinski definition) is 0. The van der Waals surface area contributed by atoms with Crippen LogP contribution in [0, 0.1) is 0 Å². The van der Waals surface area contributed by atoms with Gasteiger partial charge in [0.1, 0.15) is 11.2 Å². The first-order chi connectivity index (χ1) is 21.3. The van der Waals surface area contributed by atoms with Crippen molar-refractivity contribution in [2.75, 3.05) is 4.90 Å². The number of nitrogens with zero attached hydrogens (tertiary/aromatic N) is 2. The molecule has 0 fully saturated rings. The van der Waals surface area contributed by atoms with Crippen molar-refractivity contribution in [3.05, 3.63) is 146 Å². The molecule has 0 saturated heterocycles. The number of para-hydroxylation sites is 1. The molecule has 0 amide bonds. The molecule has 0 aliphatic carbocycles. The van der Waals surface area contributed by atoms with Gasteiger partial charge in [0.25, 0.3) is 0 Å². The number of hydrogen-bond acceptors (Lipinski definition) is 4. The molecule has 0 spiro atoms. The Morgan fingerprint density at radius 1 is 0.535 bits per heavy atom. The maximum atomic E-state index is 6.48. The van der Waals surface area contributed by atoms with Crippen molar-refractivity contribution in [1.29, 1.82) is 0 Å². The molecule has 3 aromatic heterocycles. The van der Waals surface area contributed by atoms with E-state index in [1.54, 1.807) is 0 Å². The zero-order valence-corrected chi connectivity index (χ0v) is 23.9. The summed E-state index contributed by atoms with van der Waals surface area (Å²) in [5, 5.41) is 7.11. The highest BCUT2D eigenvalue weighted by Crippen LogP contribution is 2.42. The summed E-state index contributed by atoms with van der Waals surface area (Å²) in [7, 11) is 0. The molecule has 0 N–H and O–H groups in total. The second-order valence-electron chi connectivity index (χ2n) is 10.8. The van der Waals surface area contributed by atoms with E-state index in [-0.39, 0.29) is 0 Å². The standard InChI is InChI=1S/C39H24N2OS/c1-2-9-27(10-3-1)41(29-19-21-37-32(22-29)31-12-6-7-13-36(31)43-37)28-17-14-26(15-18-28)33-23-40-24-34-38-30-11-5-4-8-25(30)16-20-35(38)42-39(33)34/h1-24H. The molecule has 3 nitrogen and oxygen atoms in total. The van der Waals surface area contributed by atoms with Gasteiger partial charge in [0.05, 0.1) is 0 Å². The van der Waals surface area contributed by atoms with Gasteiger partial charge in [-0.1, -0.05) is 78.9 Å². The molecule has 0 atom stereocenters. The van der Waals surface area contributed by atoms with E-state index >= 15 is 0 Å². The zero-order chi connectivity index (χ0) is 28.3. The van der Waals surface area contributed by atoms with Crippen LogP contribution in [0.15, 0.2) is 150 Å². The Kier molecular flexibility index (Phi) is 5.37. The lowest BCUT2D eigenvalue weighted by atomic mass is 10.0. The van der Waals surface area contributed by atoms with E-state index in [0.29, 0.717) is 0 Å². The number of anilines is 3. The van der Waals surface area contributed by atoms with Crippen LogP contribution in [0.1, 0.15) is 0 Å². The van der Waals surface area contributed by atoms with Crippen LogP contribution < -0.4 is 4.90 Å². The second kappa shape index (κ2) is 9.55. The van der Waals surface area contributed by atoms with Gasteiger partial charge in [-0.2, -0.15) is 0 Å². The highest BCUT2D eigenvalue weighted by molar-refractivity contribution is 7.25. The quantitative estimate of drug-likeness (QED) is 0.211. The fourth-order valence-electron chi connectivity index (χ4n) is 6.33. The topological polar surface area (TPSA) is 29.3 Å². The average molecular weight is 569 g/mol. The van der Waals surface area contributed by atoms with Gasteiger partial charge in [-0.25, -0.2) is 0 Å². The third-order valence-electron chi connectivity index (χ3n) is 8.34. The molecule has 6 aromatic carbocycles. The van der Waals surface area contributed by atoms with Crippen LogP contribution in [-0.2, 0) is 0 Å². The maximum Gasteiger partial charge on any atom is 0.146 e. The van der Waals surface area contributed by atoms with Crippen LogP contribution in [0.2, 0.25) is 0 Å². The van der Waals surface area contributed by atoms with Crippen LogP contribution in [0.4, 0.5) is 17.1 Å². The molecule has 0 bridgehead atoms. The molecular weight excluding hydrogens is 545 g/mol. The highest BCUT2D eigenvalue weighted by Gasteiger charge is 2.17. The first-order valence-corrected chi connectivity index (χ1v) is 15.2. The summed E-state index contributed by atoms with van der Waals surface area (Å²) in [5.74, 6) is 0. The summed E-state index contributed by atoms with van der Waals surface area (Å²) in [4.78, 5) is 6.97. The zero-order valence-electron chi connectivity index (χ0n) is 23.1. The first-order valence-electron chi connectivity index (χ1n) is 14.4. The van der Waals surface area contributed by atoms with Crippen molar-refractivity contribution in [3.8, 4) is 11.1 Å². The molecule has 202 valence electrons. The lowest BCUT2D eigenvalue weighted by molar-refractivity contribution is 0.670. The van der Waals surface area contributed by atoms with Crippen LogP contribution in [0.5, 0.6) is 0 Å². The molecule has 4 heteroatoms. The second-order valence-corrected chi connectivity index (χ2v) is 11.9. The maximum absolute atomic E-state index is 6.48. The molecule has 9 rings (SSSR count). The van der Waals surface area contributed by atoms with Gasteiger partial charge >= 0.3 is 0 Å². The van der Waals surface area contributed by atoms with E-state index in [4.69, 9.17) is 4.42 Å². The predicted molar refractivity (Wildman–Crippen MR) is 182 cm³/mol.